The molecule has 0 aliphatic rings. The standard InChI is InChI=1S/C27H36N4O6/c1-27(2,3)31-26(35)30-20(18-28-23(32)16-17-25(34)36-4)12-15-24(33)29-19-10-13-22(14-11-19)37-21-8-6-5-7-9-21/h5-11,13-14,20H,12,15-18H2,1-4H3,(H,28,32)(H,29,33)(H2,30,31,35). The summed E-state index contributed by atoms with van der Waals surface area (Å²) in [6.45, 7) is 5.65. The Labute approximate surface area is 217 Å². The van der Waals surface area contributed by atoms with E-state index < -0.39 is 23.6 Å². The van der Waals surface area contributed by atoms with E-state index in [1.54, 1.807) is 24.3 Å². The molecule has 37 heavy (non-hydrogen) atoms. The third-order valence-electron chi connectivity index (χ3n) is 4.99. The van der Waals surface area contributed by atoms with Gasteiger partial charge in [-0.15, -0.1) is 0 Å². The summed E-state index contributed by atoms with van der Waals surface area (Å²) in [5.74, 6) is 0.283. The number of amides is 4. The highest BCUT2D eigenvalue weighted by atomic mass is 16.5. The Kier molecular flexibility index (Phi) is 11.4. The molecule has 0 saturated carbocycles. The molecule has 10 nitrogen and oxygen atoms in total. The molecule has 0 radical (unpaired) electrons. The molecule has 2 aromatic carbocycles. The predicted molar refractivity (Wildman–Crippen MR) is 140 cm³/mol. The van der Waals surface area contributed by atoms with Crippen LogP contribution in [0.25, 0.3) is 0 Å². The minimum absolute atomic E-state index is 0.0297. The Morgan fingerprint density at radius 1 is 0.838 bits per heavy atom. The van der Waals surface area contributed by atoms with Crippen molar-refractivity contribution in [3.05, 3.63) is 54.6 Å². The molecule has 0 fully saturated rings. The van der Waals surface area contributed by atoms with Crippen LogP contribution in [0.2, 0.25) is 0 Å². The Bertz CT molecular complexity index is 1040. The summed E-state index contributed by atoms with van der Waals surface area (Å²) in [4.78, 5) is 48.2. The number of urea groups is 1. The summed E-state index contributed by atoms with van der Waals surface area (Å²) >= 11 is 0. The van der Waals surface area contributed by atoms with Gasteiger partial charge in [-0.3, -0.25) is 14.4 Å². The Morgan fingerprint density at radius 2 is 1.49 bits per heavy atom. The monoisotopic (exact) mass is 512 g/mol. The first-order valence-corrected chi connectivity index (χ1v) is 12.1. The zero-order valence-electron chi connectivity index (χ0n) is 21.8. The molecule has 4 N–H and O–H groups in total. The fourth-order valence-electron chi connectivity index (χ4n) is 3.19. The average Bonchev–Trinajstić information content (AvgIpc) is 2.84. The highest BCUT2D eigenvalue weighted by Crippen LogP contribution is 2.22. The summed E-state index contributed by atoms with van der Waals surface area (Å²) in [6, 6.07) is 15.5. The lowest BCUT2D eigenvalue weighted by Gasteiger charge is -2.24. The SMILES string of the molecule is COC(=O)CCC(=O)NCC(CCC(=O)Nc1ccc(Oc2ccccc2)cc1)NC(=O)NC(C)(C)C. The Morgan fingerprint density at radius 3 is 2.11 bits per heavy atom. The highest BCUT2D eigenvalue weighted by molar-refractivity contribution is 5.90. The minimum Gasteiger partial charge on any atom is -0.469 e. The number of ether oxygens (including phenoxy) is 2. The molecule has 1 atom stereocenters. The molecule has 200 valence electrons. The molecule has 0 aliphatic carbocycles. The molecule has 2 rings (SSSR count). The molecule has 1 unspecified atom stereocenters. The number of carbonyl (C=O) groups is 4. The lowest BCUT2D eigenvalue weighted by atomic mass is 10.1. The van der Waals surface area contributed by atoms with E-state index in [0.717, 1.165) is 0 Å². The van der Waals surface area contributed by atoms with Crippen LogP contribution in [-0.4, -0.2) is 49.1 Å². The van der Waals surface area contributed by atoms with Crippen molar-refractivity contribution in [2.75, 3.05) is 19.0 Å². The minimum atomic E-state index is -0.503. The van der Waals surface area contributed by atoms with E-state index in [-0.39, 0.29) is 44.0 Å². The maximum atomic E-state index is 12.5. The normalized spacial score (nSPS) is 11.6. The van der Waals surface area contributed by atoms with Crippen molar-refractivity contribution in [1.29, 1.82) is 0 Å². The topological polar surface area (TPSA) is 135 Å². The molecule has 0 bridgehead atoms. The number of hydrogen-bond acceptors (Lipinski definition) is 6. The number of rotatable bonds is 12. The van der Waals surface area contributed by atoms with E-state index >= 15 is 0 Å². The van der Waals surface area contributed by atoms with E-state index in [1.165, 1.54) is 7.11 Å². The van der Waals surface area contributed by atoms with Crippen molar-refractivity contribution in [2.45, 2.75) is 58.0 Å². The fraction of sp³-hybridized carbons (Fsp3) is 0.407. The number of methoxy groups -OCH3 is 1. The van der Waals surface area contributed by atoms with Crippen molar-refractivity contribution in [3.8, 4) is 11.5 Å². The first-order valence-electron chi connectivity index (χ1n) is 12.1. The van der Waals surface area contributed by atoms with Gasteiger partial charge in [0.15, 0.2) is 0 Å². The van der Waals surface area contributed by atoms with Crippen molar-refractivity contribution in [1.82, 2.24) is 16.0 Å². The van der Waals surface area contributed by atoms with Gasteiger partial charge in [0, 0.05) is 36.7 Å². The summed E-state index contributed by atoms with van der Waals surface area (Å²) in [6.07, 6.45) is 0.331. The number of para-hydroxylation sites is 1. The van der Waals surface area contributed by atoms with Crippen molar-refractivity contribution >= 4 is 29.5 Å². The van der Waals surface area contributed by atoms with Crippen molar-refractivity contribution < 1.29 is 28.7 Å². The van der Waals surface area contributed by atoms with Crippen LogP contribution in [0.4, 0.5) is 10.5 Å². The third-order valence-corrected chi connectivity index (χ3v) is 4.99. The first kappa shape index (κ1) is 29.2. The molecule has 0 aromatic heterocycles. The first-order chi connectivity index (χ1) is 17.5. The van der Waals surface area contributed by atoms with Gasteiger partial charge >= 0.3 is 12.0 Å². The Balaban J connectivity index is 1.88. The highest BCUT2D eigenvalue weighted by Gasteiger charge is 2.19. The molecule has 10 heteroatoms. The summed E-state index contributed by atoms with van der Waals surface area (Å²) in [7, 11) is 1.26. The van der Waals surface area contributed by atoms with E-state index in [9.17, 15) is 19.2 Å². The van der Waals surface area contributed by atoms with E-state index in [4.69, 9.17) is 4.74 Å². The van der Waals surface area contributed by atoms with Crippen molar-refractivity contribution in [2.24, 2.45) is 0 Å². The lowest BCUT2D eigenvalue weighted by molar-refractivity contribution is -0.142. The van der Waals surface area contributed by atoms with Gasteiger partial charge in [0.2, 0.25) is 11.8 Å². The van der Waals surface area contributed by atoms with Crippen LogP contribution in [0.1, 0.15) is 46.5 Å². The molecule has 0 saturated heterocycles. The molecule has 2 aromatic rings. The smallest absolute Gasteiger partial charge is 0.315 e. The van der Waals surface area contributed by atoms with Gasteiger partial charge in [-0.2, -0.15) is 0 Å². The van der Waals surface area contributed by atoms with Crippen LogP contribution in [-0.2, 0) is 19.1 Å². The van der Waals surface area contributed by atoms with Crippen LogP contribution in [0.5, 0.6) is 11.5 Å². The molecule has 4 amide bonds. The molecule has 0 heterocycles. The van der Waals surface area contributed by atoms with Crippen LogP contribution < -0.4 is 26.0 Å². The number of anilines is 1. The number of carbonyl (C=O) groups excluding carboxylic acids is 4. The van der Waals surface area contributed by atoms with E-state index in [2.05, 4.69) is 26.0 Å². The second kappa shape index (κ2) is 14.5. The van der Waals surface area contributed by atoms with Crippen LogP contribution >= 0.6 is 0 Å². The number of hydrogen-bond donors (Lipinski definition) is 4. The Hall–Kier alpha value is -4.08. The quantitative estimate of drug-likeness (QED) is 0.320. The van der Waals surface area contributed by atoms with Gasteiger partial charge in [0.25, 0.3) is 0 Å². The number of benzene rings is 2. The van der Waals surface area contributed by atoms with E-state index in [0.29, 0.717) is 17.2 Å². The maximum absolute atomic E-state index is 12.5. The average molecular weight is 513 g/mol. The van der Waals surface area contributed by atoms with Crippen molar-refractivity contribution in [3.63, 3.8) is 0 Å². The second-order valence-electron chi connectivity index (χ2n) is 9.45. The lowest BCUT2D eigenvalue weighted by Crippen LogP contribution is -2.52. The largest absolute Gasteiger partial charge is 0.469 e. The van der Waals surface area contributed by atoms with E-state index in [1.807, 2.05) is 51.1 Å². The second-order valence-corrected chi connectivity index (χ2v) is 9.45. The number of esters is 1. The van der Waals surface area contributed by atoms with Crippen LogP contribution in [0, 0.1) is 0 Å². The molecular weight excluding hydrogens is 476 g/mol. The van der Waals surface area contributed by atoms with Crippen LogP contribution in [0.3, 0.4) is 0 Å². The third kappa shape index (κ3) is 12.4. The summed E-state index contributed by atoms with van der Waals surface area (Å²) in [5.41, 5.74) is 0.156. The number of nitrogens with one attached hydrogen (secondary N) is 4. The van der Waals surface area contributed by atoms with Gasteiger partial charge < -0.3 is 30.7 Å². The van der Waals surface area contributed by atoms with Gasteiger partial charge in [0.05, 0.1) is 13.5 Å². The summed E-state index contributed by atoms with van der Waals surface area (Å²) in [5, 5.41) is 11.1. The van der Waals surface area contributed by atoms with Gasteiger partial charge in [0.1, 0.15) is 11.5 Å². The predicted octanol–water partition coefficient (Wildman–Crippen LogP) is 3.73. The zero-order chi connectivity index (χ0) is 27.3. The molecular formula is C27H36N4O6. The van der Waals surface area contributed by atoms with Gasteiger partial charge in [-0.25, -0.2) is 4.79 Å². The zero-order valence-corrected chi connectivity index (χ0v) is 21.8. The van der Waals surface area contributed by atoms with Gasteiger partial charge in [-0.1, -0.05) is 18.2 Å². The summed E-state index contributed by atoms with van der Waals surface area (Å²) < 4.78 is 10.3. The van der Waals surface area contributed by atoms with Gasteiger partial charge in [-0.05, 0) is 63.6 Å². The molecule has 0 spiro atoms. The molecule has 0 aliphatic heterocycles. The maximum Gasteiger partial charge on any atom is 0.315 e. The van der Waals surface area contributed by atoms with Crippen LogP contribution in [0.15, 0.2) is 54.6 Å². The fourth-order valence-corrected chi connectivity index (χ4v) is 3.19.